The third kappa shape index (κ3) is 6.96. The maximum atomic E-state index is 11.2. The monoisotopic (exact) mass is 562 g/mol. The second kappa shape index (κ2) is 12.6. The van der Waals surface area contributed by atoms with Gasteiger partial charge in [-0.25, -0.2) is 0 Å². The molecule has 0 atom stereocenters. The van der Waals surface area contributed by atoms with E-state index in [1.807, 2.05) is 36.4 Å². The third-order valence-corrected chi connectivity index (χ3v) is 7.50. The molecule has 5 aromatic carbocycles. The highest BCUT2D eigenvalue weighted by molar-refractivity contribution is 5.56. The Morgan fingerprint density at radius 1 is 0.429 bits per heavy atom. The summed E-state index contributed by atoms with van der Waals surface area (Å²) in [4.78, 5) is 0. The van der Waals surface area contributed by atoms with Gasteiger partial charge in [0.1, 0.15) is 34.5 Å². The van der Waals surface area contributed by atoms with Gasteiger partial charge in [-0.05, 0) is 101 Å². The van der Waals surface area contributed by atoms with Crippen LogP contribution in [0.5, 0.6) is 34.5 Å². The van der Waals surface area contributed by atoms with Gasteiger partial charge in [-0.2, -0.15) is 0 Å². The molecule has 0 aromatic heterocycles. The molecule has 0 spiro atoms. The Morgan fingerprint density at radius 3 is 1.43 bits per heavy atom. The Bertz CT molecular complexity index is 1660. The largest absolute Gasteiger partial charge is 0.508 e. The first-order valence-corrected chi connectivity index (χ1v) is 13.8. The molecule has 6 heteroatoms. The number of rotatable bonds is 10. The summed E-state index contributed by atoms with van der Waals surface area (Å²) in [6, 6.07) is 28.3. The Balaban J connectivity index is 1.51. The van der Waals surface area contributed by atoms with Crippen LogP contribution in [0.15, 0.2) is 97.1 Å². The summed E-state index contributed by atoms with van der Waals surface area (Å²) < 4.78 is 5.75. The first-order valence-electron chi connectivity index (χ1n) is 13.8. The van der Waals surface area contributed by atoms with Crippen LogP contribution in [-0.4, -0.2) is 32.6 Å². The highest BCUT2D eigenvalue weighted by Gasteiger charge is 2.20. The average molecular weight is 563 g/mol. The van der Waals surface area contributed by atoms with Gasteiger partial charge in [0, 0.05) is 30.0 Å². The van der Waals surface area contributed by atoms with Crippen molar-refractivity contribution < 1.29 is 30.3 Å². The van der Waals surface area contributed by atoms with E-state index < -0.39 is 0 Å². The van der Waals surface area contributed by atoms with Crippen LogP contribution in [0.2, 0.25) is 0 Å². The van der Waals surface area contributed by atoms with Gasteiger partial charge in [-0.1, -0.05) is 42.5 Å². The van der Waals surface area contributed by atoms with Crippen molar-refractivity contribution >= 4 is 0 Å². The van der Waals surface area contributed by atoms with Crippen molar-refractivity contribution in [3.05, 3.63) is 142 Å². The highest BCUT2D eigenvalue weighted by atomic mass is 16.5. The van der Waals surface area contributed by atoms with Crippen LogP contribution in [0.25, 0.3) is 0 Å². The Morgan fingerprint density at radius 2 is 0.905 bits per heavy atom. The van der Waals surface area contributed by atoms with Gasteiger partial charge in [0.05, 0.1) is 7.11 Å². The maximum absolute atomic E-state index is 11.2. The molecule has 5 N–H and O–H groups in total. The van der Waals surface area contributed by atoms with Crippen LogP contribution in [0.1, 0.15) is 44.5 Å². The zero-order valence-corrected chi connectivity index (χ0v) is 23.4. The SMILES string of the molecule is COc1cc(O)c(Cc2ccc(O)cc2)c(CCc2cc(O)cc(Cc3ccc(O)cc3)c2)c1Cc1ccc(O)cc1. The summed E-state index contributed by atoms with van der Waals surface area (Å²) >= 11 is 0. The number of phenols is 5. The lowest BCUT2D eigenvalue weighted by Crippen LogP contribution is -2.07. The van der Waals surface area contributed by atoms with E-state index in [1.54, 1.807) is 61.7 Å². The van der Waals surface area contributed by atoms with Crippen LogP contribution in [-0.2, 0) is 32.1 Å². The molecule has 42 heavy (non-hydrogen) atoms. The van der Waals surface area contributed by atoms with Gasteiger partial charge in [0.15, 0.2) is 0 Å². The van der Waals surface area contributed by atoms with E-state index in [1.165, 1.54) is 0 Å². The highest BCUT2D eigenvalue weighted by Crippen LogP contribution is 2.37. The zero-order chi connectivity index (χ0) is 29.6. The molecule has 0 aliphatic rings. The van der Waals surface area contributed by atoms with Gasteiger partial charge < -0.3 is 30.3 Å². The van der Waals surface area contributed by atoms with Crippen molar-refractivity contribution in [2.24, 2.45) is 0 Å². The Hall–Kier alpha value is -5.10. The fourth-order valence-electron chi connectivity index (χ4n) is 5.40. The van der Waals surface area contributed by atoms with Crippen molar-refractivity contribution in [1.82, 2.24) is 0 Å². The number of hydrogen-bond donors (Lipinski definition) is 5. The van der Waals surface area contributed by atoms with Crippen LogP contribution in [0.3, 0.4) is 0 Å². The molecule has 0 fully saturated rings. The van der Waals surface area contributed by atoms with E-state index in [4.69, 9.17) is 4.74 Å². The molecule has 0 bridgehead atoms. The fourth-order valence-corrected chi connectivity index (χ4v) is 5.40. The molecule has 0 radical (unpaired) electrons. The summed E-state index contributed by atoms with van der Waals surface area (Å²) in [6.07, 6.45) is 2.79. The van der Waals surface area contributed by atoms with E-state index in [0.717, 1.165) is 44.5 Å². The standard InChI is InChI=1S/C36H34O6/c1-42-36-22-35(41)33(20-24-4-11-29(38)12-5-24)32(34(36)21-25-6-13-30(39)14-7-25)15-8-26-17-27(19-31(40)18-26)16-23-2-9-28(37)10-3-23/h2-7,9-14,17-19,22,37-41H,8,15-16,20-21H2,1H3. The zero-order valence-electron chi connectivity index (χ0n) is 23.4. The number of aromatic hydroxyl groups is 5. The van der Waals surface area contributed by atoms with Crippen molar-refractivity contribution in [2.45, 2.75) is 32.1 Å². The normalized spacial score (nSPS) is 11.0. The Labute approximate surface area is 245 Å². The average Bonchev–Trinajstić information content (AvgIpc) is 2.97. The molecule has 0 heterocycles. The van der Waals surface area contributed by atoms with E-state index >= 15 is 0 Å². The number of hydrogen-bond acceptors (Lipinski definition) is 6. The molecule has 0 amide bonds. The van der Waals surface area contributed by atoms with Crippen LogP contribution in [0, 0.1) is 0 Å². The van der Waals surface area contributed by atoms with E-state index in [9.17, 15) is 25.5 Å². The van der Waals surface area contributed by atoms with Gasteiger partial charge in [-0.3, -0.25) is 0 Å². The molecule has 0 saturated carbocycles. The van der Waals surface area contributed by atoms with Gasteiger partial charge >= 0.3 is 0 Å². The fraction of sp³-hybridized carbons (Fsp3) is 0.167. The summed E-state index contributed by atoms with van der Waals surface area (Å²) in [5, 5.41) is 50.9. The smallest absolute Gasteiger partial charge is 0.126 e. The number of aryl methyl sites for hydroxylation is 1. The van der Waals surface area contributed by atoms with Crippen molar-refractivity contribution in [2.75, 3.05) is 7.11 Å². The van der Waals surface area contributed by atoms with Crippen molar-refractivity contribution in [3.8, 4) is 34.5 Å². The molecule has 0 aliphatic carbocycles. The van der Waals surface area contributed by atoms with Crippen LogP contribution < -0.4 is 4.74 Å². The van der Waals surface area contributed by atoms with E-state index in [0.29, 0.717) is 37.9 Å². The number of phenolic OH excluding ortho intramolecular Hbond substituents is 5. The summed E-state index contributed by atoms with van der Waals surface area (Å²) in [5.74, 6) is 1.48. The molecule has 5 rings (SSSR count). The lowest BCUT2D eigenvalue weighted by Gasteiger charge is -2.21. The Kier molecular flexibility index (Phi) is 8.53. The molecule has 0 aliphatic heterocycles. The predicted octanol–water partition coefficient (Wildman–Crippen LogP) is 6.78. The second-order valence-electron chi connectivity index (χ2n) is 10.6. The number of methoxy groups -OCH3 is 1. The van der Waals surface area contributed by atoms with Crippen LogP contribution >= 0.6 is 0 Å². The van der Waals surface area contributed by atoms with Gasteiger partial charge in [0.25, 0.3) is 0 Å². The number of benzene rings is 5. The minimum Gasteiger partial charge on any atom is -0.508 e. The summed E-state index contributed by atoms with van der Waals surface area (Å²) in [6.45, 7) is 0. The molecule has 0 saturated heterocycles. The first kappa shape index (κ1) is 28.4. The third-order valence-electron chi connectivity index (χ3n) is 7.50. The van der Waals surface area contributed by atoms with Gasteiger partial charge in [0.2, 0.25) is 0 Å². The summed E-state index contributed by atoms with van der Waals surface area (Å²) in [7, 11) is 1.59. The van der Waals surface area contributed by atoms with Crippen molar-refractivity contribution in [3.63, 3.8) is 0 Å². The van der Waals surface area contributed by atoms with Crippen LogP contribution in [0.4, 0.5) is 0 Å². The summed E-state index contributed by atoms with van der Waals surface area (Å²) in [5.41, 5.74) is 7.54. The lowest BCUT2D eigenvalue weighted by molar-refractivity contribution is 0.401. The molecular formula is C36H34O6. The minimum absolute atomic E-state index is 0.133. The molecule has 214 valence electrons. The lowest BCUT2D eigenvalue weighted by atomic mass is 9.87. The molecule has 6 nitrogen and oxygen atoms in total. The minimum atomic E-state index is 0.133. The van der Waals surface area contributed by atoms with Crippen molar-refractivity contribution in [1.29, 1.82) is 0 Å². The molecular weight excluding hydrogens is 528 g/mol. The molecule has 5 aromatic rings. The predicted molar refractivity (Wildman–Crippen MR) is 163 cm³/mol. The van der Waals surface area contributed by atoms with E-state index in [-0.39, 0.29) is 28.7 Å². The first-order chi connectivity index (χ1) is 20.3. The quantitative estimate of drug-likeness (QED) is 0.128. The second-order valence-corrected chi connectivity index (χ2v) is 10.6. The molecule has 0 unspecified atom stereocenters. The maximum Gasteiger partial charge on any atom is 0.126 e. The number of ether oxygens (including phenoxy) is 1. The van der Waals surface area contributed by atoms with E-state index in [2.05, 4.69) is 6.07 Å². The van der Waals surface area contributed by atoms with Gasteiger partial charge in [-0.15, -0.1) is 0 Å². The topological polar surface area (TPSA) is 110 Å².